The zero-order valence-corrected chi connectivity index (χ0v) is 23.6. The third-order valence-electron chi connectivity index (χ3n) is 7.98. The van der Waals surface area contributed by atoms with E-state index in [9.17, 15) is 18.0 Å². The van der Waals surface area contributed by atoms with Gasteiger partial charge in [-0.15, -0.1) is 0 Å². The highest BCUT2D eigenvalue weighted by Crippen LogP contribution is 2.34. The van der Waals surface area contributed by atoms with Crippen LogP contribution in [0, 0.1) is 6.92 Å². The smallest absolute Gasteiger partial charge is 0.378 e. The van der Waals surface area contributed by atoms with Crippen LogP contribution < -0.4 is 10.6 Å². The highest BCUT2D eigenvalue weighted by Gasteiger charge is 2.33. The Bertz CT molecular complexity index is 2020. The Labute approximate surface area is 249 Å². The molecule has 6 aromatic rings. The van der Waals surface area contributed by atoms with Crippen molar-refractivity contribution < 1.29 is 22.7 Å². The Hall–Kier alpha value is -5.00. The number of aromatic nitrogens is 4. The molecule has 1 atom stereocenters. The number of rotatable bonds is 5. The fraction of sp³-hybridized carbons (Fsp3) is 0.182. The van der Waals surface area contributed by atoms with Gasteiger partial charge in [0, 0.05) is 35.6 Å². The van der Waals surface area contributed by atoms with Gasteiger partial charge in [-0.05, 0) is 71.6 Å². The minimum absolute atomic E-state index is 0.0508. The molecule has 1 aliphatic heterocycles. The molecule has 0 saturated carbocycles. The summed E-state index contributed by atoms with van der Waals surface area (Å²) in [5.74, 6) is 0.118. The van der Waals surface area contributed by atoms with Crippen molar-refractivity contribution in [2.45, 2.75) is 19.1 Å². The molecule has 0 aliphatic carbocycles. The van der Waals surface area contributed by atoms with Gasteiger partial charge in [0.1, 0.15) is 17.8 Å². The van der Waals surface area contributed by atoms with Gasteiger partial charge in [-0.25, -0.2) is 9.97 Å². The summed E-state index contributed by atoms with van der Waals surface area (Å²) in [4.78, 5) is 25.5. The zero-order chi connectivity index (χ0) is 30.4. The van der Waals surface area contributed by atoms with E-state index in [0.717, 1.165) is 56.6 Å². The van der Waals surface area contributed by atoms with Crippen LogP contribution in [-0.2, 0) is 10.9 Å². The molecule has 0 bridgehead atoms. The molecule has 3 aromatic heterocycles. The van der Waals surface area contributed by atoms with Gasteiger partial charge < -0.3 is 24.9 Å². The summed E-state index contributed by atoms with van der Waals surface area (Å²) in [7, 11) is 0. The fourth-order valence-corrected chi connectivity index (χ4v) is 5.74. The quantitative estimate of drug-likeness (QED) is 0.203. The van der Waals surface area contributed by atoms with Gasteiger partial charge >= 0.3 is 6.18 Å². The number of alkyl halides is 3. The first-order chi connectivity index (χ1) is 21.3. The molecule has 4 heterocycles. The maximum Gasteiger partial charge on any atom is 0.416 e. The number of benzene rings is 3. The van der Waals surface area contributed by atoms with E-state index < -0.39 is 23.7 Å². The van der Waals surface area contributed by atoms with Crippen LogP contribution in [0.25, 0.3) is 38.9 Å². The number of halogens is 3. The molecule has 0 radical (unpaired) electrons. The lowest BCUT2D eigenvalue weighted by Gasteiger charge is -2.26. The Balaban J connectivity index is 1.24. The Morgan fingerprint density at radius 2 is 1.93 bits per heavy atom. The number of nitrogens with one attached hydrogen (secondary N) is 3. The first-order valence-corrected chi connectivity index (χ1v) is 14.1. The Morgan fingerprint density at radius 1 is 1.05 bits per heavy atom. The molecular formula is C33H27F3N6O2. The van der Waals surface area contributed by atoms with Crippen LogP contribution in [0.5, 0.6) is 0 Å². The van der Waals surface area contributed by atoms with E-state index in [0.29, 0.717) is 24.4 Å². The van der Waals surface area contributed by atoms with E-state index >= 15 is 0 Å². The summed E-state index contributed by atoms with van der Waals surface area (Å²) in [6.07, 6.45) is 0.722. The molecule has 7 rings (SSSR count). The van der Waals surface area contributed by atoms with Gasteiger partial charge in [0.15, 0.2) is 0 Å². The summed E-state index contributed by atoms with van der Waals surface area (Å²) in [6.45, 7) is 3.26. The lowest BCUT2D eigenvalue weighted by Crippen LogP contribution is -2.36. The van der Waals surface area contributed by atoms with E-state index in [-0.39, 0.29) is 12.2 Å². The van der Waals surface area contributed by atoms with Gasteiger partial charge in [0.2, 0.25) is 0 Å². The molecule has 1 saturated heterocycles. The van der Waals surface area contributed by atoms with Crippen LogP contribution in [0.15, 0.2) is 85.5 Å². The van der Waals surface area contributed by atoms with E-state index in [1.807, 2.05) is 60.3 Å². The number of H-pyrrole nitrogens is 1. The number of amides is 1. The molecule has 11 heteroatoms. The number of morpholine rings is 1. The first kappa shape index (κ1) is 27.8. The van der Waals surface area contributed by atoms with Crippen LogP contribution >= 0.6 is 0 Å². The summed E-state index contributed by atoms with van der Waals surface area (Å²) >= 11 is 0. The Kier molecular flexibility index (Phi) is 6.91. The van der Waals surface area contributed by atoms with Gasteiger partial charge in [0.25, 0.3) is 5.91 Å². The van der Waals surface area contributed by atoms with Gasteiger partial charge in [-0.1, -0.05) is 24.3 Å². The van der Waals surface area contributed by atoms with Crippen LogP contribution in [-0.4, -0.2) is 45.2 Å². The molecule has 1 fully saturated rings. The lowest BCUT2D eigenvalue weighted by atomic mass is 9.96. The highest BCUT2D eigenvalue weighted by molar-refractivity contribution is 6.06. The molecular weight excluding hydrogens is 569 g/mol. The minimum atomic E-state index is -4.59. The number of fused-ring (bicyclic) bond motifs is 2. The fourth-order valence-electron chi connectivity index (χ4n) is 5.74. The summed E-state index contributed by atoms with van der Waals surface area (Å²) < 4.78 is 48.4. The zero-order valence-electron chi connectivity index (χ0n) is 23.6. The second-order valence-corrected chi connectivity index (χ2v) is 10.8. The number of carbonyl (C=O) groups excluding carboxylic acids is 1. The monoisotopic (exact) mass is 596 g/mol. The van der Waals surface area contributed by atoms with E-state index in [1.165, 1.54) is 12.4 Å². The standard InChI is InChI=1S/C33H27F3N6O2/c1-19-2-6-23(41-32(43)27-15-22(33(34,35)36)5-7-24(27)28-17-44-13-11-37-28)16-26(19)21-4-3-20-9-12-42(29(20)14-21)31-25-8-10-38-30(25)39-18-40-31/h2-10,12,14-16,18,28,37H,11,13,17H2,1H3,(H,41,43)(H,38,39,40). The van der Waals surface area contributed by atoms with Crippen molar-refractivity contribution in [3.8, 4) is 16.9 Å². The van der Waals surface area contributed by atoms with Gasteiger partial charge in [-0.3, -0.25) is 4.79 Å². The average molecular weight is 597 g/mol. The first-order valence-electron chi connectivity index (χ1n) is 14.1. The number of aryl methyl sites for hydroxylation is 1. The minimum Gasteiger partial charge on any atom is -0.378 e. The van der Waals surface area contributed by atoms with E-state index in [4.69, 9.17) is 4.74 Å². The number of nitrogens with zero attached hydrogens (tertiary/aromatic N) is 3. The normalized spacial score (nSPS) is 15.6. The maximum absolute atomic E-state index is 13.6. The van der Waals surface area contributed by atoms with Crippen molar-refractivity contribution in [2.75, 3.05) is 25.1 Å². The number of aromatic amines is 1. The third kappa shape index (κ3) is 5.10. The molecule has 0 spiro atoms. The summed E-state index contributed by atoms with van der Waals surface area (Å²) in [5, 5.41) is 7.98. The van der Waals surface area contributed by atoms with E-state index in [1.54, 1.807) is 6.07 Å². The number of anilines is 1. The van der Waals surface area contributed by atoms with Crippen LogP contribution in [0.3, 0.4) is 0 Å². The predicted molar refractivity (Wildman–Crippen MR) is 162 cm³/mol. The maximum atomic E-state index is 13.6. The van der Waals surface area contributed by atoms with Crippen molar-refractivity contribution in [1.82, 2.24) is 24.8 Å². The molecule has 44 heavy (non-hydrogen) atoms. The van der Waals surface area contributed by atoms with Crippen molar-refractivity contribution in [3.05, 3.63) is 108 Å². The average Bonchev–Trinajstić information content (AvgIpc) is 3.69. The number of carbonyl (C=O) groups is 1. The van der Waals surface area contributed by atoms with Crippen molar-refractivity contribution in [3.63, 3.8) is 0 Å². The molecule has 3 N–H and O–H groups in total. The topological polar surface area (TPSA) is 96.9 Å². The highest BCUT2D eigenvalue weighted by atomic mass is 19.4. The molecule has 222 valence electrons. The van der Waals surface area contributed by atoms with Crippen molar-refractivity contribution >= 4 is 33.5 Å². The van der Waals surface area contributed by atoms with Crippen LogP contribution in [0.4, 0.5) is 18.9 Å². The summed E-state index contributed by atoms with van der Waals surface area (Å²) in [5.41, 5.74) is 4.42. The molecule has 1 unspecified atom stereocenters. The second kappa shape index (κ2) is 10.9. The molecule has 1 amide bonds. The van der Waals surface area contributed by atoms with Crippen molar-refractivity contribution in [2.24, 2.45) is 0 Å². The van der Waals surface area contributed by atoms with Crippen LogP contribution in [0.2, 0.25) is 0 Å². The van der Waals surface area contributed by atoms with Gasteiger partial charge in [0.05, 0.1) is 35.7 Å². The lowest BCUT2D eigenvalue weighted by molar-refractivity contribution is -0.137. The summed E-state index contributed by atoms with van der Waals surface area (Å²) in [6, 6.07) is 18.4. The number of ether oxygens (including phenoxy) is 1. The second-order valence-electron chi connectivity index (χ2n) is 10.8. The SMILES string of the molecule is Cc1ccc(NC(=O)c2cc(C(F)(F)F)ccc2C2COCCN2)cc1-c1ccc2ccn(-c3ncnc4[nH]ccc34)c2c1. The largest absolute Gasteiger partial charge is 0.416 e. The van der Waals surface area contributed by atoms with Crippen molar-refractivity contribution in [1.29, 1.82) is 0 Å². The van der Waals surface area contributed by atoms with Gasteiger partial charge in [-0.2, -0.15) is 13.2 Å². The predicted octanol–water partition coefficient (Wildman–Crippen LogP) is 6.81. The molecule has 3 aromatic carbocycles. The Morgan fingerprint density at radius 3 is 2.75 bits per heavy atom. The van der Waals surface area contributed by atoms with E-state index in [2.05, 4.69) is 31.7 Å². The molecule has 8 nitrogen and oxygen atoms in total. The number of hydrogen-bond donors (Lipinski definition) is 3. The number of hydrogen-bond acceptors (Lipinski definition) is 5. The molecule has 1 aliphatic rings. The van der Waals surface area contributed by atoms with Crippen LogP contribution in [0.1, 0.15) is 33.1 Å². The third-order valence-corrected chi connectivity index (χ3v) is 7.98.